The summed E-state index contributed by atoms with van der Waals surface area (Å²) in [6.45, 7) is 3.54. The van der Waals surface area contributed by atoms with Gasteiger partial charge in [-0.3, -0.25) is 14.4 Å². The maximum absolute atomic E-state index is 14.3. The quantitative estimate of drug-likeness (QED) is 0.455. The van der Waals surface area contributed by atoms with E-state index in [0.29, 0.717) is 16.1 Å². The summed E-state index contributed by atoms with van der Waals surface area (Å²) in [7, 11) is 0. The first kappa shape index (κ1) is 21.1. The highest BCUT2D eigenvalue weighted by Gasteiger charge is 2.71. The number of rotatable bonds is 2. The van der Waals surface area contributed by atoms with Crippen molar-refractivity contribution >= 4 is 40.7 Å². The standard InChI is InChI=1S/C29H22ClNO3/c1-16-7-9-18(10-8-16)25-26(17(2)32)31-23-13-12-20(30)15-19(23)11-14-24(31)29(25)27(33)21-5-3-4-6-22(21)28(29)34/h3-15,24-26H,1-2H3/t24-,25-,26-/m1/s1. The molecule has 0 radical (unpaired) electrons. The zero-order chi connectivity index (χ0) is 23.8. The van der Waals surface area contributed by atoms with Crippen LogP contribution in [0.3, 0.4) is 0 Å². The summed E-state index contributed by atoms with van der Waals surface area (Å²) in [5.74, 6) is -1.13. The van der Waals surface area contributed by atoms with E-state index in [4.69, 9.17) is 11.6 Å². The average molecular weight is 468 g/mol. The Morgan fingerprint density at radius 3 is 2.21 bits per heavy atom. The molecule has 2 heterocycles. The second kappa shape index (κ2) is 7.25. The predicted molar refractivity (Wildman–Crippen MR) is 133 cm³/mol. The zero-order valence-electron chi connectivity index (χ0n) is 18.8. The van der Waals surface area contributed by atoms with Crippen LogP contribution in [0.5, 0.6) is 0 Å². The lowest BCUT2D eigenvalue weighted by Crippen LogP contribution is -2.48. The lowest BCUT2D eigenvalue weighted by Gasteiger charge is -2.37. The van der Waals surface area contributed by atoms with Gasteiger partial charge in [0, 0.05) is 27.8 Å². The molecule has 3 aliphatic rings. The highest BCUT2D eigenvalue weighted by molar-refractivity contribution is 6.32. The number of benzene rings is 3. The van der Waals surface area contributed by atoms with Gasteiger partial charge in [0.15, 0.2) is 17.3 Å². The van der Waals surface area contributed by atoms with Crippen molar-refractivity contribution in [2.24, 2.45) is 5.41 Å². The molecule has 4 nitrogen and oxygen atoms in total. The van der Waals surface area contributed by atoms with Crippen molar-refractivity contribution in [1.82, 2.24) is 0 Å². The van der Waals surface area contributed by atoms with E-state index in [0.717, 1.165) is 22.4 Å². The number of anilines is 1. The fourth-order valence-corrected chi connectivity index (χ4v) is 6.43. The van der Waals surface area contributed by atoms with Crippen LogP contribution in [0.4, 0.5) is 5.69 Å². The number of halogens is 1. The van der Waals surface area contributed by atoms with Crippen LogP contribution in [0, 0.1) is 12.3 Å². The van der Waals surface area contributed by atoms with Crippen LogP contribution in [0.25, 0.3) is 6.08 Å². The normalized spacial score (nSPS) is 23.7. The molecular formula is C29H22ClNO3. The van der Waals surface area contributed by atoms with E-state index in [-0.39, 0.29) is 17.3 Å². The molecule has 3 aromatic rings. The van der Waals surface area contributed by atoms with Gasteiger partial charge < -0.3 is 4.90 Å². The van der Waals surface area contributed by atoms with Gasteiger partial charge in [0.25, 0.3) is 0 Å². The van der Waals surface area contributed by atoms with Crippen LogP contribution in [-0.2, 0) is 4.79 Å². The predicted octanol–water partition coefficient (Wildman–Crippen LogP) is 5.67. The molecule has 0 unspecified atom stereocenters. The fraction of sp³-hybridized carbons (Fsp3) is 0.207. The Balaban J connectivity index is 1.68. The largest absolute Gasteiger partial charge is 0.352 e. The van der Waals surface area contributed by atoms with Gasteiger partial charge in [-0.15, -0.1) is 0 Å². The second-order valence-electron chi connectivity index (χ2n) is 9.43. The van der Waals surface area contributed by atoms with E-state index in [1.165, 1.54) is 0 Å². The molecule has 5 heteroatoms. The molecule has 1 spiro atoms. The third kappa shape index (κ3) is 2.57. The van der Waals surface area contributed by atoms with Gasteiger partial charge in [-0.2, -0.15) is 0 Å². The number of nitrogens with zero attached hydrogens (tertiary/aromatic N) is 1. The summed E-state index contributed by atoms with van der Waals surface area (Å²) in [4.78, 5) is 43.8. The van der Waals surface area contributed by atoms with Crippen molar-refractivity contribution in [3.8, 4) is 0 Å². The lowest BCUT2D eigenvalue weighted by atomic mass is 9.64. The Labute approximate surface area is 202 Å². The molecule has 0 saturated carbocycles. The van der Waals surface area contributed by atoms with Crippen LogP contribution in [0.15, 0.2) is 72.8 Å². The van der Waals surface area contributed by atoms with Gasteiger partial charge in [0.2, 0.25) is 0 Å². The smallest absolute Gasteiger partial charge is 0.180 e. The summed E-state index contributed by atoms with van der Waals surface area (Å²) < 4.78 is 0. The van der Waals surface area contributed by atoms with Crippen molar-refractivity contribution < 1.29 is 14.4 Å². The second-order valence-corrected chi connectivity index (χ2v) is 9.87. The molecule has 168 valence electrons. The molecular weight excluding hydrogens is 446 g/mol. The van der Waals surface area contributed by atoms with Crippen LogP contribution in [-0.4, -0.2) is 29.4 Å². The van der Waals surface area contributed by atoms with Crippen LogP contribution in [0.2, 0.25) is 5.02 Å². The maximum atomic E-state index is 14.3. The summed E-state index contributed by atoms with van der Waals surface area (Å²) in [6, 6.07) is 19.1. The van der Waals surface area contributed by atoms with E-state index in [2.05, 4.69) is 0 Å². The van der Waals surface area contributed by atoms with Crippen molar-refractivity contribution in [3.05, 3.63) is 106 Å². The van der Waals surface area contributed by atoms with Crippen LogP contribution in [0.1, 0.15) is 50.2 Å². The van der Waals surface area contributed by atoms with Gasteiger partial charge >= 0.3 is 0 Å². The van der Waals surface area contributed by atoms with Gasteiger partial charge in [0.1, 0.15) is 5.41 Å². The third-order valence-corrected chi connectivity index (χ3v) is 7.85. The van der Waals surface area contributed by atoms with Gasteiger partial charge in [0.05, 0.1) is 12.1 Å². The molecule has 0 amide bonds. The molecule has 34 heavy (non-hydrogen) atoms. The monoisotopic (exact) mass is 467 g/mol. The molecule has 2 aliphatic heterocycles. The Morgan fingerprint density at radius 1 is 0.941 bits per heavy atom. The van der Waals surface area contributed by atoms with Gasteiger partial charge in [-0.1, -0.05) is 77.8 Å². The fourth-order valence-electron chi connectivity index (χ4n) is 6.25. The summed E-state index contributed by atoms with van der Waals surface area (Å²) in [5, 5.41) is 0.589. The average Bonchev–Trinajstić information content (AvgIpc) is 3.26. The highest BCUT2D eigenvalue weighted by atomic mass is 35.5. The molecule has 3 aromatic carbocycles. The minimum atomic E-state index is -1.43. The number of fused-ring (bicyclic) bond motifs is 5. The first-order valence-corrected chi connectivity index (χ1v) is 11.7. The molecule has 0 aromatic heterocycles. The topological polar surface area (TPSA) is 54.5 Å². The minimum Gasteiger partial charge on any atom is -0.352 e. The Hall–Kier alpha value is -3.50. The first-order chi connectivity index (χ1) is 16.4. The Kier molecular flexibility index (Phi) is 4.49. The van der Waals surface area contributed by atoms with Gasteiger partial charge in [-0.05, 0) is 43.2 Å². The van der Waals surface area contributed by atoms with E-state index in [1.54, 1.807) is 37.3 Å². The number of hydrogen-bond donors (Lipinski definition) is 0. The molecule has 1 aliphatic carbocycles. The van der Waals surface area contributed by atoms with Crippen LogP contribution >= 0.6 is 11.6 Å². The Bertz CT molecular complexity index is 1390. The van der Waals surface area contributed by atoms with E-state index in [1.807, 2.05) is 60.4 Å². The van der Waals surface area contributed by atoms with E-state index < -0.39 is 23.4 Å². The molecule has 0 N–H and O–H groups in total. The van der Waals surface area contributed by atoms with Crippen molar-refractivity contribution in [1.29, 1.82) is 0 Å². The van der Waals surface area contributed by atoms with Gasteiger partial charge in [-0.25, -0.2) is 0 Å². The molecule has 1 fully saturated rings. The summed E-state index contributed by atoms with van der Waals surface area (Å²) in [5.41, 5.74) is 3.00. The summed E-state index contributed by atoms with van der Waals surface area (Å²) in [6.07, 6.45) is 3.83. The van der Waals surface area contributed by atoms with Crippen molar-refractivity contribution in [2.75, 3.05) is 4.90 Å². The molecule has 3 atom stereocenters. The lowest BCUT2D eigenvalue weighted by molar-refractivity contribution is -0.118. The SMILES string of the molecule is CC(=O)[C@@H]1[C@@H](c2ccc(C)cc2)C2(C(=O)c3ccccc3C2=O)[C@H]2C=Cc3cc(Cl)ccc3N12. The van der Waals surface area contributed by atoms with Crippen molar-refractivity contribution in [3.63, 3.8) is 0 Å². The van der Waals surface area contributed by atoms with Crippen molar-refractivity contribution in [2.45, 2.75) is 31.8 Å². The highest BCUT2D eigenvalue weighted by Crippen LogP contribution is 2.60. The summed E-state index contributed by atoms with van der Waals surface area (Å²) >= 11 is 6.26. The zero-order valence-corrected chi connectivity index (χ0v) is 19.5. The molecule has 6 rings (SSSR count). The Morgan fingerprint density at radius 2 is 1.59 bits per heavy atom. The number of carbonyl (C=O) groups is 3. The number of hydrogen-bond acceptors (Lipinski definition) is 4. The maximum Gasteiger partial charge on any atom is 0.180 e. The number of aryl methyl sites for hydroxylation is 1. The first-order valence-electron chi connectivity index (χ1n) is 11.4. The van der Waals surface area contributed by atoms with E-state index >= 15 is 0 Å². The molecule has 1 saturated heterocycles. The number of Topliss-reactive ketones (excluding diaryl/α,β-unsaturated/α-hetero) is 3. The van der Waals surface area contributed by atoms with Crippen LogP contribution < -0.4 is 4.90 Å². The minimum absolute atomic E-state index is 0.0831. The number of carbonyl (C=O) groups excluding carboxylic acids is 3. The van der Waals surface area contributed by atoms with E-state index in [9.17, 15) is 14.4 Å². The third-order valence-electron chi connectivity index (χ3n) is 7.62. The molecule has 0 bridgehead atoms. The number of ketones is 3.